The second-order valence-corrected chi connectivity index (χ2v) is 6.23. The molecule has 2 fully saturated rings. The van der Waals surface area contributed by atoms with Crippen LogP contribution in [0.4, 0.5) is 0 Å². The van der Waals surface area contributed by atoms with Crippen LogP contribution in [0.2, 0.25) is 0 Å². The summed E-state index contributed by atoms with van der Waals surface area (Å²) in [5.74, 6) is 1.12. The smallest absolute Gasteiger partial charge is 0.131 e. The van der Waals surface area contributed by atoms with Crippen molar-refractivity contribution in [2.24, 2.45) is 5.92 Å². The third kappa shape index (κ3) is 2.84. The number of rotatable bonds is 4. The summed E-state index contributed by atoms with van der Waals surface area (Å²) in [5.41, 5.74) is 0. The third-order valence-electron chi connectivity index (χ3n) is 3.56. The van der Waals surface area contributed by atoms with Crippen LogP contribution in [-0.2, 0) is 11.3 Å². The van der Waals surface area contributed by atoms with Crippen LogP contribution in [0.1, 0.15) is 42.1 Å². The molecule has 5 heteroatoms. The molecule has 1 aromatic rings. The first-order chi connectivity index (χ1) is 8.33. The van der Waals surface area contributed by atoms with E-state index in [9.17, 15) is 0 Å². The molecule has 17 heavy (non-hydrogen) atoms. The van der Waals surface area contributed by atoms with Gasteiger partial charge in [-0.1, -0.05) is 18.3 Å². The van der Waals surface area contributed by atoms with Gasteiger partial charge in [0, 0.05) is 31.7 Å². The SMILES string of the molecule is CC1COCCC1c1nnc(CNC2CC2)s1. The molecule has 0 amide bonds. The summed E-state index contributed by atoms with van der Waals surface area (Å²) in [5, 5.41) is 14.5. The highest BCUT2D eigenvalue weighted by Gasteiger charge is 2.27. The molecule has 0 radical (unpaired) electrons. The van der Waals surface area contributed by atoms with Gasteiger partial charge in [-0.05, 0) is 25.2 Å². The average Bonchev–Trinajstić information content (AvgIpc) is 3.06. The number of ether oxygens (including phenoxy) is 1. The van der Waals surface area contributed by atoms with Crippen molar-refractivity contribution in [2.75, 3.05) is 13.2 Å². The van der Waals surface area contributed by atoms with Gasteiger partial charge in [0.15, 0.2) is 0 Å². The molecule has 94 valence electrons. The fourth-order valence-corrected chi connectivity index (χ4v) is 3.32. The number of aromatic nitrogens is 2. The van der Waals surface area contributed by atoms with E-state index in [-0.39, 0.29) is 0 Å². The Kier molecular flexibility index (Phi) is 3.40. The van der Waals surface area contributed by atoms with Gasteiger partial charge < -0.3 is 10.1 Å². The molecule has 1 aliphatic heterocycles. The van der Waals surface area contributed by atoms with E-state index in [1.807, 2.05) is 0 Å². The number of nitrogens with one attached hydrogen (secondary N) is 1. The molecule has 1 saturated heterocycles. The lowest BCUT2D eigenvalue weighted by Crippen LogP contribution is -2.23. The van der Waals surface area contributed by atoms with Crippen molar-refractivity contribution in [1.29, 1.82) is 0 Å². The van der Waals surface area contributed by atoms with Gasteiger partial charge in [-0.15, -0.1) is 10.2 Å². The van der Waals surface area contributed by atoms with Gasteiger partial charge in [0.1, 0.15) is 10.0 Å². The Bertz CT molecular complexity index is 378. The van der Waals surface area contributed by atoms with Crippen molar-refractivity contribution < 1.29 is 4.74 Å². The summed E-state index contributed by atoms with van der Waals surface area (Å²) >= 11 is 1.77. The molecule has 1 N–H and O–H groups in total. The normalized spacial score (nSPS) is 29.5. The minimum absolute atomic E-state index is 0.552. The Morgan fingerprint density at radius 1 is 1.35 bits per heavy atom. The van der Waals surface area contributed by atoms with Crippen molar-refractivity contribution in [3.8, 4) is 0 Å². The van der Waals surface area contributed by atoms with E-state index in [0.717, 1.165) is 37.2 Å². The van der Waals surface area contributed by atoms with Gasteiger partial charge in [0.2, 0.25) is 0 Å². The van der Waals surface area contributed by atoms with E-state index in [1.54, 1.807) is 11.3 Å². The Labute approximate surface area is 106 Å². The van der Waals surface area contributed by atoms with Crippen molar-refractivity contribution in [1.82, 2.24) is 15.5 Å². The zero-order valence-corrected chi connectivity index (χ0v) is 11.0. The highest BCUT2D eigenvalue weighted by atomic mass is 32.1. The molecule has 1 saturated carbocycles. The van der Waals surface area contributed by atoms with Crippen LogP contribution in [0.3, 0.4) is 0 Å². The van der Waals surface area contributed by atoms with E-state index in [4.69, 9.17) is 4.74 Å². The predicted molar refractivity (Wildman–Crippen MR) is 67.1 cm³/mol. The van der Waals surface area contributed by atoms with Gasteiger partial charge in [0.05, 0.1) is 0 Å². The minimum atomic E-state index is 0.552. The largest absolute Gasteiger partial charge is 0.381 e. The standard InChI is InChI=1S/C12H19N3OS/c1-8-7-16-5-4-10(8)12-15-14-11(17-12)6-13-9-2-3-9/h8-10,13H,2-7H2,1H3. The molecule has 1 aromatic heterocycles. The fourth-order valence-electron chi connectivity index (χ4n) is 2.25. The Hall–Kier alpha value is -0.520. The van der Waals surface area contributed by atoms with E-state index >= 15 is 0 Å². The molecule has 2 unspecified atom stereocenters. The summed E-state index contributed by atoms with van der Waals surface area (Å²) in [6.07, 6.45) is 3.73. The highest BCUT2D eigenvalue weighted by Crippen LogP contribution is 2.33. The van der Waals surface area contributed by atoms with Crippen molar-refractivity contribution in [3.05, 3.63) is 10.0 Å². The van der Waals surface area contributed by atoms with E-state index in [1.165, 1.54) is 17.8 Å². The topological polar surface area (TPSA) is 47.0 Å². The molecule has 2 atom stereocenters. The molecular formula is C12H19N3OS. The van der Waals surface area contributed by atoms with Gasteiger partial charge in [-0.2, -0.15) is 0 Å². The van der Waals surface area contributed by atoms with Gasteiger partial charge in [-0.25, -0.2) is 0 Å². The molecule has 1 aliphatic carbocycles. The van der Waals surface area contributed by atoms with Crippen molar-refractivity contribution in [3.63, 3.8) is 0 Å². The monoisotopic (exact) mass is 253 g/mol. The Morgan fingerprint density at radius 3 is 3.00 bits per heavy atom. The summed E-state index contributed by atoms with van der Waals surface area (Å²) in [6, 6.07) is 0.740. The minimum Gasteiger partial charge on any atom is -0.381 e. The summed E-state index contributed by atoms with van der Waals surface area (Å²) in [4.78, 5) is 0. The van der Waals surface area contributed by atoms with Crippen LogP contribution < -0.4 is 5.32 Å². The molecule has 3 rings (SSSR count). The first kappa shape index (κ1) is 11.6. The van der Waals surface area contributed by atoms with Crippen LogP contribution in [0, 0.1) is 5.92 Å². The maximum atomic E-state index is 5.47. The van der Waals surface area contributed by atoms with Crippen molar-refractivity contribution in [2.45, 2.75) is 44.7 Å². The first-order valence-corrected chi connectivity index (χ1v) is 7.28. The second kappa shape index (κ2) is 5.00. The van der Waals surface area contributed by atoms with Crippen LogP contribution in [0.5, 0.6) is 0 Å². The third-order valence-corrected chi connectivity index (χ3v) is 4.61. The lowest BCUT2D eigenvalue weighted by Gasteiger charge is -2.26. The molecule has 2 aliphatic rings. The predicted octanol–water partition coefficient (Wildman–Crippen LogP) is 1.93. The molecule has 0 bridgehead atoms. The van der Waals surface area contributed by atoms with E-state index in [0.29, 0.717) is 11.8 Å². The number of nitrogens with zero attached hydrogens (tertiary/aromatic N) is 2. The Balaban J connectivity index is 1.61. The van der Waals surface area contributed by atoms with Crippen LogP contribution in [0.15, 0.2) is 0 Å². The first-order valence-electron chi connectivity index (χ1n) is 6.46. The highest BCUT2D eigenvalue weighted by molar-refractivity contribution is 7.11. The average molecular weight is 253 g/mol. The van der Waals surface area contributed by atoms with Crippen molar-refractivity contribution >= 4 is 11.3 Å². The molecular weight excluding hydrogens is 234 g/mol. The van der Waals surface area contributed by atoms with E-state index < -0.39 is 0 Å². The quantitative estimate of drug-likeness (QED) is 0.890. The van der Waals surface area contributed by atoms with Crippen LogP contribution in [-0.4, -0.2) is 29.5 Å². The van der Waals surface area contributed by atoms with Gasteiger partial charge in [-0.3, -0.25) is 0 Å². The lowest BCUT2D eigenvalue weighted by atomic mass is 9.91. The summed E-state index contributed by atoms with van der Waals surface area (Å²) in [7, 11) is 0. The molecule has 4 nitrogen and oxygen atoms in total. The van der Waals surface area contributed by atoms with Crippen LogP contribution >= 0.6 is 11.3 Å². The fraction of sp³-hybridized carbons (Fsp3) is 0.833. The maximum absolute atomic E-state index is 5.47. The molecule has 0 aromatic carbocycles. The lowest BCUT2D eigenvalue weighted by molar-refractivity contribution is 0.0471. The zero-order chi connectivity index (χ0) is 11.7. The van der Waals surface area contributed by atoms with Crippen LogP contribution in [0.25, 0.3) is 0 Å². The maximum Gasteiger partial charge on any atom is 0.131 e. The Morgan fingerprint density at radius 2 is 2.24 bits per heavy atom. The van der Waals surface area contributed by atoms with Gasteiger partial charge in [0.25, 0.3) is 0 Å². The number of hydrogen-bond donors (Lipinski definition) is 1. The zero-order valence-electron chi connectivity index (χ0n) is 10.2. The van der Waals surface area contributed by atoms with Gasteiger partial charge >= 0.3 is 0 Å². The summed E-state index contributed by atoms with van der Waals surface area (Å²) in [6.45, 7) is 4.86. The molecule has 0 spiro atoms. The second-order valence-electron chi connectivity index (χ2n) is 5.14. The summed E-state index contributed by atoms with van der Waals surface area (Å²) < 4.78 is 5.47. The number of hydrogen-bond acceptors (Lipinski definition) is 5. The molecule has 2 heterocycles. The van der Waals surface area contributed by atoms with E-state index in [2.05, 4.69) is 22.4 Å².